The summed E-state index contributed by atoms with van der Waals surface area (Å²) in [5.74, 6) is 2.90. The van der Waals surface area contributed by atoms with Gasteiger partial charge in [-0.3, -0.25) is 0 Å². The quantitative estimate of drug-likeness (QED) is 0.608. The summed E-state index contributed by atoms with van der Waals surface area (Å²) in [7, 11) is -1.95. The van der Waals surface area contributed by atoms with Crippen molar-refractivity contribution in [3.8, 4) is 5.75 Å². The topological polar surface area (TPSA) is 92.9 Å². The molecule has 2 unspecified atom stereocenters. The van der Waals surface area contributed by atoms with Crippen LogP contribution in [0.4, 0.5) is 5.82 Å². The highest BCUT2D eigenvalue weighted by Crippen LogP contribution is 2.37. The lowest BCUT2D eigenvalue weighted by Crippen LogP contribution is -2.34. The second kappa shape index (κ2) is 7.16. The molecule has 0 aliphatic carbocycles. The Hall–Kier alpha value is -2.72. The van der Waals surface area contributed by atoms with Gasteiger partial charge in [-0.1, -0.05) is 0 Å². The predicted octanol–water partition coefficient (Wildman–Crippen LogP) is 1.82. The van der Waals surface area contributed by atoms with Crippen LogP contribution in [0, 0.1) is 32.6 Å². The number of aryl methyl sites for hydroxylation is 3. The number of sulfonamides is 1. The Bertz CT molecular complexity index is 1260. The van der Waals surface area contributed by atoms with Gasteiger partial charge in [0.05, 0.1) is 12.0 Å². The van der Waals surface area contributed by atoms with Crippen LogP contribution in [0.1, 0.15) is 17.0 Å². The van der Waals surface area contributed by atoms with Crippen molar-refractivity contribution in [2.45, 2.75) is 25.7 Å². The SMILES string of the molecule is COc1cc(C)c(S(=O)(=O)N2CC3CN(c4ccc5nnc(C)n5n4)CC3C2)cc1C. The highest BCUT2D eigenvalue weighted by molar-refractivity contribution is 7.89. The molecule has 31 heavy (non-hydrogen) atoms. The molecule has 0 N–H and O–H groups in total. The summed E-state index contributed by atoms with van der Waals surface area (Å²) in [6.07, 6.45) is 0. The first-order chi connectivity index (χ1) is 14.8. The van der Waals surface area contributed by atoms with Gasteiger partial charge in [0, 0.05) is 26.2 Å². The molecule has 2 atom stereocenters. The molecule has 9 nitrogen and oxygen atoms in total. The molecule has 164 valence electrons. The zero-order chi connectivity index (χ0) is 21.9. The highest BCUT2D eigenvalue weighted by Gasteiger charge is 2.45. The lowest BCUT2D eigenvalue weighted by Gasteiger charge is -2.23. The minimum atomic E-state index is -3.54. The number of anilines is 1. The average Bonchev–Trinajstić information content (AvgIpc) is 3.42. The third-order valence-corrected chi connectivity index (χ3v) is 8.47. The van der Waals surface area contributed by atoms with Crippen LogP contribution in [0.3, 0.4) is 0 Å². The molecule has 0 spiro atoms. The molecule has 1 aromatic carbocycles. The third-order valence-electron chi connectivity index (χ3n) is 6.49. The van der Waals surface area contributed by atoms with E-state index in [9.17, 15) is 8.42 Å². The van der Waals surface area contributed by atoms with Crippen molar-refractivity contribution in [3.63, 3.8) is 0 Å². The molecule has 0 bridgehead atoms. The zero-order valence-electron chi connectivity index (χ0n) is 18.1. The molecule has 4 heterocycles. The van der Waals surface area contributed by atoms with E-state index >= 15 is 0 Å². The lowest BCUT2D eigenvalue weighted by molar-refractivity contribution is 0.410. The van der Waals surface area contributed by atoms with Gasteiger partial charge in [0.25, 0.3) is 0 Å². The first kappa shape index (κ1) is 20.2. The second-order valence-corrected chi connectivity index (χ2v) is 10.4. The van der Waals surface area contributed by atoms with Crippen molar-refractivity contribution in [2.24, 2.45) is 11.8 Å². The van der Waals surface area contributed by atoms with Gasteiger partial charge in [-0.2, -0.15) is 8.82 Å². The average molecular weight is 443 g/mol. The van der Waals surface area contributed by atoms with E-state index in [1.54, 1.807) is 28.1 Å². The maximum atomic E-state index is 13.4. The normalized spacial score (nSPS) is 21.7. The summed E-state index contributed by atoms with van der Waals surface area (Å²) < 4.78 is 35.5. The molecular weight excluding hydrogens is 416 g/mol. The third kappa shape index (κ3) is 3.25. The van der Waals surface area contributed by atoms with Crippen LogP contribution in [0.25, 0.3) is 5.65 Å². The van der Waals surface area contributed by atoms with Crippen LogP contribution in [-0.2, 0) is 10.0 Å². The van der Waals surface area contributed by atoms with Gasteiger partial charge < -0.3 is 9.64 Å². The molecule has 10 heteroatoms. The number of fused-ring (bicyclic) bond motifs is 2. The Morgan fingerprint density at radius 3 is 2.35 bits per heavy atom. The summed E-state index contributed by atoms with van der Waals surface area (Å²) in [6, 6.07) is 7.41. The second-order valence-electron chi connectivity index (χ2n) is 8.54. The number of hydrogen-bond donors (Lipinski definition) is 0. The lowest BCUT2D eigenvalue weighted by atomic mass is 10.0. The standard InChI is InChI=1S/C21H26N6O3S/c1-13-8-19(14(2)7-18(13)30-4)31(28,29)26-11-16-9-25(10-17(16)12-26)21-6-5-20-23-22-15(3)27(20)24-21/h5-8,16-17H,9-12H2,1-4H3. The highest BCUT2D eigenvalue weighted by atomic mass is 32.2. The molecule has 5 rings (SSSR count). The largest absolute Gasteiger partial charge is 0.496 e. The van der Waals surface area contributed by atoms with E-state index in [1.807, 2.05) is 32.9 Å². The number of ether oxygens (including phenoxy) is 1. The number of nitrogens with zero attached hydrogens (tertiary/aromatic N) is 6. The summed E-state index contributed by atoms with van der Waals surface area (Å²) >= 11 is 0. The molecule has 0 amide bonds. The van der Waals surface area contributed by atoms with Crippen LogP contribution >= 0.6 is 0 Å². The fourth-order valence-electron chi connectivity index (χ4n) is 4.79. The maximum absolute atomic E-state index is 13.4. The first-order valence-electron chi connectivity index (χ1n) is 10.4. The van der Waals surface area contributed by atoms with Gasteiger partial charge in [0.1, 0.15) is 11.6 Å². The van der Waals surface area contributed by atoms with Crippen LogP contribution < -0.4 is 9.64 Å². The van der Waals surface area contributed by atoms with Gasteiger partial charge in [-0.05, 0) is 68.0 Å². The monoisotopic (exact) mass is 442 g/mol. The molecule has 2 fully saturated rings. The van der Waals surface area contributed by atoms with Crippen molar-refractivity contribution in [1.29, 1.82) is 0 Å². The fourth-order valence-corrected chi connectivity index (χ4v) is 6.63. The maximum Gasteiger partial charge on any atom is 0.243 e. The Balaban J connectivity index is 1.34. The van der Waals surface area contributed by atoms with Crippen molar-refractivity contribution < 1.29 is 13.2 Å². The molecule has 3 aromatic rings. The number of rotatable bonds is 4. The smallest absolute Gasteiger partial charge is 0.243 e. The molecule has 2 aliphatic rings. The summed E-state index contributed by atoms with van der Waals surface area (Å²) in [4.78, 5) is 2.61. The van der Waals surface area contributed by atoms with Crippen LogP contribution in [0.2, 0.25) is 0 Å². The molecule has 0 radical (unpaired) electrons. The Labute approximate surface area is 181 Å². The molecule has 2 saturated heterocycles. The van der Waals surface area contributed by atoms with Gasteiger partial charge in [0.2, 0.25) is 10.0 Å². The Kier molecular flexibility index (Phi) is 4.67. The number of benzene rings is 1. The van der Waals surface area contributed by atoms with Crippen molar-refractivity contribution in [3.05, 3.63) is 41.2 Å². The van der Waals surface area contributed by atoms with E-state index in [0.29, 0.717) is 29.3 Å². The molecular formula is C21H26N6O3S. The zero-order valence-corrected chi connectivity index (χ0v) is 18.9. The molecule has 2 aromatic heterocycles. The number of methoxy groups -OCH3 is 1. The minimum absolute atomic E-state index is 0.286. The minimum Gasteiger partial charge on any atom is -0.496 e. The summed E-state index contributed by atoms with van der Waals surface area (Å²) in [6.45, 7) is 8.20. The van der Waals surface area contributed by atoms with Gasteiger partial charge in [-0.25, -0.2) is 8.42 Å². The van der Waals surface area contributed by atoms with E-state index in [-0.39, 0.29) is 11.8 Å². The van der Waals surface area contributed by atoms with E-state index in [2.05, 4.69) is 20.2 Å². The van der Waals surface area contributed by atoms with Gasteiger partial charge in [0.15, 0.2) is 11.5 Å². The van der Waals surface area contributed by atoms with Crippen molar-refractivity contribution >= 4 is 21.5 Å². The van der Waals surface area contributed by atoms with Gasteiger partial charge in [-0.15, -0.1) is 15.3 Å². The Morgan fingerprint density at radius 2 is 1.68 bits per heavy atom. The van der Waals surface area contributed by atoms with Crippen LogP contribution in [-0.4, -0.2) is 65.8 Å². The van der Waals surface area contributed by atoms with E-state index in [0.717, 1.165) is 35.9 Å². The fraction of sp³-hybridized carbons (Fsp3) is 0.476. The Morgan fingerprint density at radius 1 is 0.968 bits per heavy atom. The summed E-state index contributed by atoms with van der Waals surface area (Å²) in [5.41, 5.74) is 2.26. The molecule has 2 aliphatic heterocycles. The number of hydrogen-bond acceptors (Lipinski definition) is 7. The van der Waals surface area contributed by atoms with Crippen LogP contribution in [0.5, 0.6) is 5.75 Å². The van der Waals surface area contributed by atoms with Crippen LogP contribution in [0.15, 0.2) is 29.2 Å². The van der Waals surface area contributed by atoms with Crippen molar-refractivity contribution in [2.75, 3.05) is 38.2 Å². The van der Waals surface area contributed by atoms with E-state index in [1.165, 1.54) is 0 Å². The van der Waals surface area contributed by atoms with E-state index in [4.69, 9.17) is 4.74 Å². The predicted molar refractivity (Wildman–Crippen MR) is 116 cm³/mol. The van der Waals surface area contributed by atoms with Gasteiger partial charge >= 0.3 is 0 Å². The number of aromatic nitrogens is 4. The van der Waals surface area contributed by atoms with Crippen molar-refractivity contribution in [1.82, 2.24) is 24.1 Å². The molecule has 0 saturated carbocycles. The first-order valence-corrected chi connectivity index (χ1v) is 11.8. The summed E-state index contributed by atoms with van der Waals surface area (Å²) in [5, 5.41) is 12.8. The van der Waals surface area contributed by atoms with E-state index < -0.39 is 10.0 Å².